The minimum absolute atomic E-state index is 0.0930. The van der Waals surface area contributed by atoms with Crippen LogP contribution in [0.1, 0.15) is 10.4 Å². The number of aromatic nitrogens is 3. The lowest BCUT2D eigenvalue weighted by Crippen LogP contribution is -2.57. The molecule has 1 aliphatic rings. The van der Waals surface area contributed by atoms with E-state index in [9.17, 15) is 14.0 Å². The third kappa shape index (κ3) is 4.47. The molecule has 188 valence electrons. The van der Waals surface area contributed by atoms with Crippen LogP contribution < -0.4 is 33.3 Å². The van der Waals surface area contributed by atoms with Crippen molar-refractivity contribution in [1.82, 2.24) is 24.8 Å². The van der Waals surface area contributed by atoms with Gasteiger partial charge in [0.05, 0.1) is 22.7 Å². The van der Waals surface area contributed by atoms with Crippen LogP contribution in [-0.2, 0) is 4.79 Å². The van der Waals surface area contributed by atoms with E-state index in [1.807, 2.05) is 0 Å². The number of Topliss-reactive ketones (excluding diaryl/α,β-unsaturated/α-hetero) is 1. The van der Waals surface area contributed by atoms with Crippen molar-refractivity contribution < 1.29 is 14.0 Å². The van der Waals surface area contributed by atoms with Crippen LogP contribution in [0.3, 0.4) is 0 Å². The highest BCUT2D eigenvalue weighted by molar-refractivity contribution is 6.45. The highest BCUT2D eigenvalue weighted by Crippen LogP contribution is 2.28. The molecule has 15 heteroatoms. The van der Waals surface area contributed by atoms with Crippen molar-refractivity contribution in [2.75, 3.05) is 36.2 Å². The van der Waals surface area contributed by atoms with Gasteiger partial charge in [-0.15, -0.1) is 5.10 Å². The van der Waals surface area contributed by atoms with E-state index in [2.05, 4.69) is 20.1 Å². The molecule has 0 atom stereocenters. The number of H-pyrrole nitrogens is 1. The van der Waals surface area contributed by atoms with Crippen molar-refractivity contribution >= 4 is 40.2 Å². The number of guanidine groups is 1. The van der Waals surface area contributed by atoms with Gasteiger partial charge >= 0.3 is 0 Å². The van der Waals surface area contributed by atoms with E-state index in [4.69, 9.17) is 23.3 Å². The van der Waals surface area contributed by atoms with Crippen LogP contribution in [0.4, 0.5) is 16.0 Å². The number of halogens is 1. The molecule has 3 aromatic rings. The van der Waals surface area contributed by atoms with Gasteiger partial charge in [-0.2, -0.15) is 0 Å². The molecular weight excluding hydrogens is 471 g/mol. The monoisotopic (exact) mass is 496 g/mol. The molecule has 0 saturated carbocycles. The van der Waals surface area contributed by atoms with Crippen molar-refractivity contribution in [3.05, 3.63) is 60.6 Å². The second-order valence-electron chi connectivity index (χ2n) is 7.73. The molecular formula is C21H25FN12O2. The number of anilines is 2. The van der Waals surface area contributed by atoms with Gasteiger partial charge in [0, 0.05) is 51.0 Å². The maximum Gasteiger partial charge on any atom is 0.295 e. The summed E-state index contributed by atoms with van der Waals surface area (Å²) in [6.45, 7) is 0.989. The summed E-state index contributed by atoms with van der Waals surface area (Å²) in [6.07, 6.45) is 6.24. The molecule has 1 amide bonds. The lowest BCUT2D eigenvalue weighted by Gasteiger charge is -2.37. The number of hydrazine groups is 2. The minimum atomic E-state index is -0.870. The predicted octanol–water partition coefficient (Wildman–Crippen LogP) is -0.856. The van der Waals surface area contributed by atoms with Crippen LogP contribution >= 0.6 is 0 Å². The molecule has 9 N–H and O–H groups in total. The smallest absolute Gasteiger partial charge is 0.295 e. The van der Waals surface area contributed by atoms with E-state index in [1.165, 1.54) is 28.5 Å². The van der Waals surface area contributed by atoms with Crippen molar-refractivity contribution in [3.63, 3.8) is 0 Å². The number of hydrogen-bond donors (Lipinski definition) is 5. The zero-order valence-electron chi connectivity index (χ0n) is 19.1. The van der Waals surface area contributed by atoms with Gasteiger partial charge in [-0.3, -0.25) is 14.6 Å². The van der Waals surface area contributed by atoms with Crippen molar-refractivity contribution in [1.29, 1.82) is 0 Å². The van der Waals surface area contributed by atoms with Gasteiger partial charge < -0.3 is 26.4 Å². The van der Waals surface area contributed by atoms with E-state index in [-0.39, 0.29) is 41.3 Å². The summed E-state index contributed by atoms with van der Waals surface area (Å²) in [6, 6.07) is 5.21. The fourth-order valence-electron chi connectivity index (χ4n) is 3.90. The van der Waals surface area contributed by atoms with Crippen LogP contribution in [0.2, 0.25) is 0 Å². The number of hydrogen-bond acceptors (Lipinski definition) is 10. The number of nitrogens with one attached hydrogen (secondary N) is 1. The Hall–Kier alpha value is -4.76. The summed E-state index contributed by atoms with van der Waals surface area (Å²) in [5, 5.41) is 5.98. The maximum absolute atomic E-state index is 14.7. The van der Waals surface area contributed by atoms with Crippen LogP contribution in [0.5, 0.6) is 0 Å². The lowest BCUT2D eigenvalue weighted by molar-refractivity contribution is -0.127. The summed E-state index contributed by atoms with van der Waals surface area (Å²) >= 11 is 0. The van der Waals surface area contributed by atoms with Crippen LogP contribution in [-0.4, -0.2) is 68.6 Å². The minimum Gasteiger partial charge on any atom is -0.403 e. The molecule has 0 unspecified atom stereocenters. The number of nitrogens with two attached hydrogens (primary N) is 4. The number of ketones is 1. The molecule has 4 heterocycles. The fraction of sp³-hybridized carbons (Fsp3) is 0.190. The van der Waals surface area contributed by atoms with E-state index in [0.29, 0.717) is 18.9 Å². The topological polar surface area (TPSA) is 205 Å². The maximum atomic E-state index is 14.7. The van der Waals surface area contributed by atoms with Gasteiger partial charge in [-0.1, -0.05) is 6.07 Å². The molecule has 14 nitrogen and oxygen atoms in total. The fourth-order valence-corrected chi connectivity index (χ4v) is 3.90. The Labute approximate surface area is 204 Å². The van der Waals surface area contributed by atoms with Gasteiger partial charge in [0.15, 0.2) is 11.6 Å². The number of rotatable bonds is 5. The van der Waals surface area contributed by atoms with Crippen LogP contribution in [0.25, 0.3) is 10.9 Å². The zero-order valence-corrected chi connectivity index (χ0v) is 19.1. The third-order valence-electron chi connectivity index (χ3n) is 5.65. The summed E-state index contributed by atoms with van der Waals surface area (Å²) in [7, 11) is 0. The molecule has 0 bridgehead atoms. The Kier molecular flexibility index (Phi) is 6.93. The average Bonchev–Trinajstić information content (AvgIpc) is 3.35. The predicted molar refractivity (Wildman–Crippen MR) is 131 cm³/mol. The molecule has 0 aromatic carbocycles. The number of hydrazone groups is 1. The first-order chi connectivity index (χ1) is 17.4. The summed E-state index contributed by atoms with van der Waals surface area (Å²) in [5.41, 5.74) is 5.37. The molecule has 0 radical (unpaired) electrons. The van der Waals surface area contributed by atoms with Crippen molar-refractivity contribution in [2.24, 2.45) is 28.4 Å². The molecule has 0 spiro atoms. The Balaban J connectivity index is 1.49. The Bertz CT molecular complexity index is 1320. The number of piperazine rings is 1. The van der Waals surface area contributed by atoms with E-state index in [0.717, 1.165) is 11.2 Å². The number of pyridine rings is 2. The highest BCUT2D eigenvalue weighted by Gasteiger charge is 2.31. The zero-order chi connectivity index (χ0) is 25.8. The van der Waals surface area contributed by atoms with E-state index >= 15 is 0 Å². The summed E-state index contributed by atoms with van der Waals surface area (Å²) < 4.78 is 14.7. The number of carbonyl (C=O) groups is 2. The quantitative estimate of drug-likeness (QED) is 0.0734. The normalized spacial score (nSPS) is 14.5. The van der Waals surface area contributed by atoms with Gasteiger partial charge in [0.25, 0.3) is 11.7 Å². The van der Waals surface area contributed by atoms with Gasteiger partial charge in [0.2, 0.25) is 5.96 Å². The number of aromatic amines is 1. The number of carbonyl (C=O) groups excluding carboxylic acids is 2. The standard InChI is InChI=1S/C21H25FN12O2/c22-14-12-29-19(33(25)6-4-23)17-16(14)13(11-28-17)18(35)20(36)31-7-9-32(10-8-31)21(30-24)34(26)15-3-1-2-5-27-15/h1-6,11-12,28H,7-10,23-26H2/b6-4-,30-21-. The second kappa shape index (κ2) is 10.2. The molecule has 0 aliphatic carbocycles. The SMILES string of the molecule is N/C=C\N(N)c1ncc(F)c2c(C(=O)C(=O)N3CCN(/C(=N/N)N(N)c4ccccn4)CC3)c[nH]c12. The number of fused-ring (bicyclic) bond motifs is 1. The summed E-state index contributed by atoms with van der Waals surface area (Å²) in [5.74, 6) is 15.9. The first-order valence-corrected chi connectivity index (χ1v) is 10.8. The van der Waals surface area contributed by atoms with E-state index < -0.39 is 17.5 Å². The average molecular weight is 497 g/mol. The Morgan fingerprint density at radius 2 is 1.86 bits per heavy atom. The largest absolute Gasteiger partial charge is 0.403 e. The number of amides is 1. The lowest BCUT2D eigenvalue weighted by atomic mass is 10.1. The molecule has 1 fully saturated rings. The summed E-state index contributed by atoms with van der Waals surface area (Å²) in [4.78, 5) is 40.1. The Morgan fingerprint density at radius 3 is 2.50 bits per heavy atom. The molecule has 3 aromatic heterocycles. The molecule has 1 aliphatic heterocycles. The van der Waals surface area contributed by atoms with Crippen molar-refractivity contribution in [2.45, 2.75) is 0 Å². The molecule has 1 saturated heterocycles. The molecule has 4 rings (SSSR count). The Morgan fingerprint density at radius 1 is 1.14 bits per heavy atom. The molecule has 36 heavy (non-hydrogen) atoms. The second-order valence-corrected chi connectivity index (χ2v) is 7.73. The van der Waals surface area contributed by atoms with Crippen molar-refractivity contribution in [3.8, 4) is 0 Å². The number of nitrogens with zero attached hydrogens (tertiary/aromatic N) is 7. The van der Waals surface area contributed by atoms with Gasteiger partial charge in [-0.05, 0) is 12.1 Å². The van der Waals surface area contributed by atoms with E-state index in [1.54, 1.807) is 29.3 Å². The van der Waals surface area contributed by atoms with Gasteiger partial charge in [-0.25, -0.2) is 31.1 Å². The van der Waals surface area contributed by atoms with Gasteiger partial charge in [0.1, 0.15) is 5.82 Å². The van der Waals surface area contributed by atoms with Crippen LogP contribution in [0.15, 0.2) is 54.3 Å². The highest BCUT2D eigenvalue weighted by atomic mass is 19.1. The first kappa shape index (κ1) is 24.4. The third-order valence-corrected chi connectivity index (χ3v) is 5.65. The van der Waals surface area contributed by atoms with Crippen LogP contribution in [0, 0.1) is 5.82 Å². The first-order valence-electron chi connectivity index (χ1n) is 10.8.